The van der Waals surface area contributed by atoms with Crippen LogP contribution in [-0.2, 0) is 6.42 Å². The molecule has 0 aliphatic heterocycles. The Hall–Kier alpha value is -0.450. The fourth-order valence-electron chi connectivity index (χ4n) is 1.02. The van der Waals surface area contributed by atoms with Gasteiger partial charge in [-0.15, -0.1) is 0 Å². The van der Waals surface area contributed by atoms with Crippen molar-refractivity contribution in [2.24, 2.45) is 0 Å². The third-order valence-electron chi connectivity index (χ3n) is 1.73. The molecule has 1 aromatic rings. The number of hydrogen-bond donors (Lipinski definition) is 1. The van der Waals surface area contributed by atoms with Gasteiger partial charge in [-0.05, 0) is 46.7 Å². The number of halogens is 1. The fourth-order valence-corrected chi connectivity index (χ4v) is 1.84. The molecule has 66 valence electrons. The van der Waals surface area contributed by atoms with Gasteiger partial charge in [0.15, 0.2) is 11.5 Å². The molecule has 0 spiro atoms. The van der Waals surface area contributed by atoms with E-state index in [1.54, 1.807) is 13.2 Å². The van der Waals surface area contributed by atoms with Crippen molar-refractivity contribution in [2.75, 3.05) is 7.11 Å². The second-order valence-electron chi connectivity index (χ2n) is 2.47. The maximum Gasteiger partial charge on any atom is 0.161 e. The van der Waals surface area contributed by atoms with Crippen LogP contribution in [0.5, 0.6) is 11.5 Å². The van der Waals surface area contributed by atoms with Gasteiger partial charge in [0, 0.05) is 3.57 Å². The molecule has 0 aromatic heterocycles. The van der Waals surface area contributed by atoms with Crippen molar-refractivity contribution in [2.45, 2.75) is 13.3 Å². The van der Waals surface area contributed by atoms with E-state index in [1.807, 2.05) is 6.07 Å². The van der Waals surface area contributed by atoms with Gasteiger partial charge < -0.3 is 9.84 Å². The Labute approximate surface area is 85.7 Å². The van der Waals surface area contributed by atoms with Crippen LogP contribution in [0.3, 0.4) is 0 Å². The van der Waals surface area contributed by atoms with Crippen molar-refractivity contribution in [1.29, 1.82) is 0 Å². The number of rotatable bonds is 2. The molecule has 1 N–H and O–H groups in total. The topological polar surface area (TPSA) is 29.5 Å². The molecule has 0 atom stereocenters. The van der Waals surface area contributed by atoms with Gasteiger partial charge in [-0.25, -0.2) is 0 Å². The summed E-state index contributed by atoms with van der Waals surface area (Å²) in [5.41, 5.74) is 1.15. The van der Waals surface area contributed by atoms with E-state index in [-0.39, 0.29) is 5.75 Å². The highest BCUT2D eigenvalue weighted by atomic mass is 127. The fraction of sp³-hybridized carbons (Fsp3) is 0.333. The second-order valence-corrected chi connectivity index (χ2v) is 3.63. The highest BCUT2D eigenvalue weighted by Crippen LogP contribution is 2.30. The van der Waals surface area contributed by atoms with Gasteiger partial charge in [-0.3, -0.25) is 0 Å². The molecule has 0 bridgehead atoms. The van der Waals surface area contributed by atoms with Gasteiger partial charge in [-0.1, -0.05) is 6.92 Å². The highest BCUT2D eigenvalue weighted by molar-refractivity contribution is 14.1. The Morgan fingerprint density at radius 2 is 2.17 bits per heavy atom. The molecule has 0 saturated carbocycles. The minimum Gasteiger partial charge on any atom is -0.504 e. The summed E-state index contributed by atoms with van der Waals surface area (Å²) in [6.07, 6.45) is 0.926. The zero-order valence-electron chi connectivity index (χ0n) is 7.10. The van der Waals surface area contributed by atoms with Crippen LogP contribution in [-0.4, -0.2) is 12.2 Å². The molecular formula is C9H11IO2. The van der Waals surface area contributed by atoms with E-state index in [9.17, 15) is 5.11 Å². The maximum absolute atomic E-state index is 9.42. The first kappa shape index (κ1) is 9.64. The minimum absolute atomic E-state index is 0.217. The molecule has 0 aliphatic rings. The SMILES string of the molecule is CCc1cc(O)c(OC)cc1I. The summed E-state index contributed by atoms with van der Waals surface area (Å²) in [7, 11) is 1.55. The number of hydrogen-bond acceptors (Lipinski definition) is 2. The molecule has 3 heteroatoms. The Morgan fingerprint density at radius 1 is 1.50 bits per heavy atom. The molecule has 0 unspecified atom stereocenters. The molecule has 0 fully saturated rings. The van der Waals surface area contributed by atoms with Crippen LogP contribution >= 0.6 is 22.6 Å². The number of methoxy groups -OCH3 is 1. The van der Waals surface area contributed by atoms with E-state index in [0.29, 0.717) is 5.75 Å². The quantitative estimate of drug-likeness (QED) is 0.842. The van der Waals surface area contributed by atoms with E-state index < -0.39 is 0 Å². The number of aryl methyl sites for hydroxylation is 1. The lowest BCUT2D eigenvalue weighted by atomic mass is 10.1. The smallest absolute Gasteiger partial charge is 0.161 e. The molecule has 0 saturated heterocycles. The van der Waals surface area contributed by atoms with Gasteiger partial charge in [0.1, 0.15) is 0 Å². The molecule has 0 radical (unpaired) electrons. The predicted octanol–water partition coefficient (Wildman–Crippen LogP) is 2.57. The summed E-state index contributed by atoms with van der Waals surface area (Å²) < 4.78 is 6.10. The largest absolute Gasteiger partial charge is 0.504 e. The summed E-state index contributed by atoms with van der Waals surface area (Å²) in [6, 6.07) is 3.59. The average molecular weight is 278 g/mol. The Morgan fingerprint density at radius 3 is 2.67 bits per heavy atom. The summed E-state index contributed by atoms with van der Waals surface area (Å²) in [4.78, 5) is 0. The highest BCUT2D eigenvalue weighted by Gasteiger charge is 2.05. The summed E-state index contributed by atoms with van der Waals surface area (Å²) >= 11 is 2.23. The number of phenols is 1. The summed E-state index contributed by atoms with van der Waals surface area (Å²) in [5, 5.41) is 9.42. The zero-order valence-corrected chi connectivity index (χ0v) is 9.25. The normalized spacial score (nSPS) is 9.92. The standard InChI is InChI=1S/C9H11IO2/c1-3-6-4-8(11)9(12-2)5-7(6)10/h4-5,11H,3H2,1-2H3. The van der Waals surface area contributed by atoms with Gasteiger partial charge in [-0.2, -0.15) is 0 Å². The van der Waals surface area contributed by atoms with Crippen LogP contribution in [0.2, 0.25) is 0 Å². The minimum atomic E-state index is 0.217. The zero-order chi connectivity index (χ0) is 9.14. The van der Waals surface area contributed by atoms with E-state index in [4.69, 9.17) is 4.74 Å². The van der Waals surface area contributed by atoms with Crippen LogP contribution in [0.15, 0.2) is 12.1 Å². The molecule has 12 heavy (non-hydrogen) atoms. The Balaban J connectivity index is 3.16. The van der Waals surface area contributed by atoms with Crippen LogP contribution in [0, 0.1) is 3.57 Å². The van der Waals surface area contributed by atoms with E-state index >= 15 is 0 Å². The molecule has 1 aromatic carbocycles. The molecule has 2 nitrogen and oxygen atoms in total. The molecule has 0 heterocycles. The Kier molecular flexibility index (Phi) is 3.20. The van der Waals surface area contributed by atoms with Crippen LogP contribution in [0.25, 0.3) is 0 Å². The summed E-state index contributed by atoms with van der Waals surface area (Å²) in [5.74, 6) is 0.756. The predicted molar refractivity (Wildman–Crippen MR) is 56.8 cm³/mol. The third kappa shape index (κ3) is 1.83. The average Bonchev–Trinajstić information content (AvgIpc) is 2.08. The number of ether oxygens (including phenoxy) is 1. The van der Waals surface area contributed by atoms with Gasteiger partial charge >= 0.3 is 0 Å². The molecular weight excluding hydrogens is 267 g/mol. The second kappa shape index (κ2) is 3.98. The van der Waals surface area contributed by atoms with Gasteiger partial charge in [0.2, 0.25) is 0 Å². The van der Waals surface area contributed by atoms with Crippen molar-refractivity contribution in [1.82, 2.24) is 0 Å². The molecule has 0 aliphatic carbocycles. The lowest BCUT2D eigenvalue weighted by Crippen LogP contribution is -1.89. The van der Waals surface area contributed by atoms with Gasteiger partial charge in [0.05, 0.1) is 7.11 Å². The van der Waals surface area contributed by atoms with Crippen LogP contribution in [0.4, 0.5) is 0 Å². The lowest BCUT2D eigenvalue weighted by Gasteiger charge is -2.06. The molecule has 0 amide bonds. The number of benzene rings is 1. The first-order valence-corrected chi connectivity index (χ1v) is 4.82. The first-order chi connectivity index (χ1) is 5.69. The lowest BCUT2D eigenvalue weighted by molar-refractivity contribution is 0.372. The third-order valence-corrected chi connectivity index (χ3v) is 2.73. The van der Waals surface area contributed by atoms with Crippen molar-refractivity contribution in [3.8, 4) is 11.5 Å². The van der Waals surface area contributed by atoms with Crippen LogP contribution < -0.4 is 4.74 Å². The van der Waals surface area contributed by atoms with Crippen molar-refractivity contribution < 1.29 is 9.84 Å². The maximum atomic E-state index is 9.42. The van der Waals surface area contributed by atoms with Crippen molar-refractivity contribution in [3.63, 3.8) is 0 Å². The van der Waals surface area contributed by atoms with Crippen LogP contribution in [0.1, 0.15) is 12.5 Å². The monoisotopic (exact) mass is 278 g/mol. The van der Waals surface area contributed by atoms with Crippen molar-refractivity contribution >= 4 is 22.6 Å². The summed E-state index contributed by atoms with van der Waals surface area (Å²) in [6.45, 7) is 2.06. The van der Waals surface area contributed by atoms with Crippen molar-refractivity contribution in [3.05, 3.63) is 21.3 Å². The van der Waals surface area contributed by atoms with E-state index in [2.05, 4.69) is 29.5 Å². The van der Waals surface area contributed by atoms with E-state index in [0.717, 1.165) is 15.6 Å². The number of phenolic OH excluding ortho intramolecular Hbond substituents is 1. The van der Waals surface area contributed by atoms with Gasteiger partial charge in [0.25, 0.3) is 0 Å². The Bertz CT molecular complexity index is 254. The first-order valence-electron chi connectivity index (χ1n) is 3.74. The van der Waals surface area contributed by atoms with E-state index in [1.165, 1.54) is 0 Å². The number of aromatic hydroxyl groups is 1. The molecule has 1 rings (SSSR count).